The zero-order chi connectivity index (χ0) is 16.0. The SMILES string of the molecule is CN(C)c1ccc(-c2nc3c(s2)C(O)CCC3)c2ccccc12. The molecule has 1 heterocycles. The molecule has 1 aliphatic rings. The molecule has 0 bridgehead atoms. The van der Waals surface area contributed by atoms with E-state index in [1.807, 2.05) is 0 Å². The number of aryl methyl sites for hydroxylation is 1. The summed E-state index contributed by atoms with van der Waals surface area (Å²) in [5.74, 6) is 0. The van der Waals surface area contributed by atoms with Crippen LogP contribution in [0.15, 0.2) is 36.4 Å². The van der Waals surface area contributed by atoms with Crippen molar-refractivity contribution in [2.75, 3.05) is 19.0 Å². The van der Waals surface area contributed by atoms with Gasteiger partial charge in [-0.3, -0.25) is 0 Å². The van der Waals surface area contributed by atoms with Gasteiger partial charge in [-0.25, -0.2) is 4.98 Å². The maximum Gasteiger partial charge on any atom is 0.124 e. The van der Waals surface area contributed by atoms with E-state index < -0.39 is 0 Å². The third kappa shape index (κ3) is 2.42. The van der Waals surface area contributed by atoms with Crippen molar-refractivity contribution in [2.24, 2.45) is 0 Å². The van der Waals surface area contributed by atoms with Gasteiger partial charge in [-0.05, 0) is 36.8 Å². The largest absolute Gasteiger partial charge is 0.388 e. The van der Waals surface area contributed by atoms with Crippen LogP contribution in [0.3, 0.4) is 0 Å². The van der Waals surface area contributed by atoms with Crippen LogP contribution < -0.4 is 4.90 Å². The number of anilines is 1. The molecular weight excluding hydrogens is 304 g/mol. The molecule has 3 nitrogen and oxygen atoms in total. The van der Waals surface area contributed by atoms with E-state index in [0.717, 1.165) is 40.4 Å². The van der Waals surface area contributed by atoms with Crippen molar-refractivity contribution >= 4 is 27.8 Å². The number of hydrogen-bond donors (Lipinski definition) is 1. The van der Waals surface area contributed by atoms with Gasteiger partial charge < -0.3 is 10.0 Å². The Labute approximate surface area is 140 Å². The first-order valence-electron chi connectivity index (χ1n) is 8.02. The highest BCUT2D eigenvalue weighted by Crippen LogP contribution is 2.41. The second kappa shape index (κ2) is 5.62. The van der Waals surface area contributed by atoms with E-state index in [0.29, 0.717) is 0 Å². The van der Waals surface area contributed by atoms with E-state index in [2.05, 4.69) is 55.4 Å². The van der Waals surface area contributed by atoms with Crippen LogP contribution in [0.5, 0.6) is 0 Å². The molecule has 0 aliphatic heterocycles. The molecule has 23 heavy (non-hydrogen) atoms. The molecule has 0 saturated heterocycles. The van der Waals surface area contributed by atoms with Gasteiger partial charge in [0.05, 0.1) is 16.7 Å². The van der Waals surface area contributed by atoms with Gasteiger partial charge in [-0.2, -0.15) is 0 Å². The summed E-state index contributed by atoms with van der Waals surface area (Å²) in [7, 11) is 4.14. The normalized spacial score (nSPS) is 17.3. The number of aromatic nitrogens is 1. The second-order valence-corrected chi connectivity index (χ2v) is 7.34. The number of aliphatic hydroxyl groups is 1. The summed E-state index contributed by atoms with van der Waals surface area (Å²) in [5.41, 5.74) is 3.47. The van der Waals surface area contributed by atoms with Crippen LogP contribution in [-0.4, -0.2) is 24.2 Å². The van der Waals surface area contributed by atoms with Gasteiger partial charge in [0, 0.05) is 30.7 Å². The van der Waals surface area contributed by atoms with E-state index in [1.54, 1.807) is 11.3 Å². The molecule has 2 aromatic carbocycles. The Morgan fingerprint density at radius 3 is 2.65 bits per heavy atom. The number of hydrogen-bond acceptors (Lipinski definition) is 4. The maximum atomic E-state index is 10.2. The molecule has 0 spiro atoms. The third-order valence-corrected chi connectivity index (χ3v) is 5.77. The molecule has 0 saturated carbocycles. The fourth-order valence-corrected chi connectivity index (χ4v) is 4.54. The summed E-state index contributed by atoms with van der Waals surface area (Å²) in [6, 6.07) is 12.8. The quantitative estimate of drug-likeness (QED) is 0.759. The number of nitrogens with zero attached hydrogens (tertiary/aromatic N) is 2. The van der Waals surface area contributed by atoms with E-state index in [4.69, 9.17) is 4.98 Å². The number of fused-ring (bicyclic) bond motifs is 2. The van der Waals surface area contributed by atoms with Crippen LogP contribution in [0, 0.1) is 0 Å². The minimum atomic E-state index is -0.336. The molecule has 1 atom stereocenters. The minimum absolute atomic E-state index is 0.336. The Kier molecular flexibility index (Phi) is 3.58. The summed E-state index contributed by atoms with van der Waals surface area (Å²) >= 11 is 1.65. The first-order chi connectivity index (χ1) is 11.1. The van der Waals surface area contributed by atoms with E-state index in [-0.39, 0.29) is 6.10 Å². The van der Waals surface area contributed by atoms with Crippen molar-refractivity contribution in [1.29, 1.82) is 0 Å². The minimum Gasteiger partial charge on any atom is -0.388 e. The summed E-state index contributed by atoms with van der Waals surface area (Å²) < 4.78 is 0. The fraction of sp³-hybridized carbons (Fsp3) is 0.316. The first-order valence-corrected chi connectivity index (χ1v) is 8.84. The number of aliphatic hydroxyl groups excluding tert-OH is 1. The van der Waals surface area contributed by atoms with Gasteiger partial charge in [-0.15, -0.1) is 11.3 Å². The Balaban J connectivity index is 1.92. The van der Waals surface area contributed by atoms with E-state index >= 15 is 0 Å². The summed E-state index contributed by atoms with van der Waals surface area (Å²) in [6.45, 7) is 0. The Bertz CT molecular complexity index is 869. The molecule has 1 aromatic heterocycles. The Hall–Kier alpha value is -1.91. The highest BCUT2D eigenvalue weighted by Gasteiger charge is 2.23. The van der Waals surface area contributed by atoms with Crippen molar-refractivity contribution in [2.45, 2.75) is 25.4 Å². The van der Waals surface area contributed by atoms with Crippen molar-refractivity contribution in [1.82, 2.24) is 4.98 Å². The molecule has 1 N–H and O–H groups in total. The average molecular weight is 324 g/mol. The van der Waals surface area contributed by atoms with Crippen LogP contribution in [-0.2, 0) is 6.42 Å². The molecule has 0 amide bonds. The molecule has 1 unspecified atom stereocenters. The first kappa shape index (κ1) is 14.7. The van der Waals surface area contributed by atoms with E-state index in [9.17, 15) is 5.11 Å². The zero-order valence-corrected chi connectivity index (χ0v) is 14.2. The Morgan fingerprint density at radius 2 is 1.91 bits per heavy atom. The standard InChI is InChI=1S/C19H20N2OS/c1-21(2)16-11-10-14(12-6-3-4-7-13(12)16)19-20-15-8-5-9-17(22)18(15)23-19/h3-4,6-7,10-11,17,22H,5,8-9H2,1-2H3. The van der Waals surface area contributed by atoms with Crippen molar-refractivity contribution in [3.05, 3.63) is 47.0 Å². The maximum absolute atomic E-state index is 10.2. The highest BCUT2D eigenvalue weighted by molar-refractivity contribution is 7.15. The fourth-order valence-electron chi connectivity index (χ4n) is 3.37. The van der Waals surface area contributed by atoms with Crippen LogP contribution >= 0.6 is 11.3 Å². The topological polar surface area (TPSA) is 36.4 Å². The molecule has 3 aromatic rings. The molecule has 4 rings (SSSR count). The highest BCUT2D eigenvalue weighted by atomic mass is 32.1. The lowest BCUT2D eigenvalue weighted by Crippen LogP contribution is -2.09. The van der Waals surface area contributed by atoms with E-state index in [1.165, 1.54) is 16.5 Å². The summed E-state index contributed by atoms with van der Waals surface area (Å²) in [4.78, 5) is 8.04. The van der Waals surface area contributed by atoms with Crippen molar-refractivity contribution in [3.63, 3.8) is 0 Å². The molecule has 4 heteroatoms. The van der Waals surface area contributed by atoms with Crippen LogP contribution in [0.2, 0.25) is 0 Å². The monoisotopic (exact) mass is 324 g/mol. The van der Waals surface area contributed by atoms with Gasteiger partial charge >= 0.3 is 0 Å². The predicted octanol–water partition coefficient (Wildman–Crippen LogP) is 4.40. The van der Waals surface area contributed by atoms with Gasteiger partial charge in [0.2, 0.25) is 0 Å². The molecule has 0 radical (unpaired) electrons. The van der Waals surface area contributed by atoms with Crippen molar-refractivity contribution < 1.29 is 5.11 Å². The summed E-state index contributed by atoms with van der Waals surface area (Å²) in [6.07, 6.45) is 2.53. The van der Waals surface area contributed by atoms with Crippen LogP contribution in [0.4, 0.5) is 5.69 Å². The molecule has 1 aliphatic carbocycles. The number of benzene rings is 2. The van der Waals surface area contributed by atoms with Gasteiger partial charge in [-0.1, -0.05) is 24.3 Å². The second-order valence-electron chi connectivity index (χ2n) is 6.31. The molecule has 0 fully saturated rings. The molecular formula is C19H20N2OS. The van der Waals surface area contributed by atoms with Crippen LogP contribution in [0.25, 0.3) is 21.3 Å². The average Bonchev–Trinajstić information content (AvgIpc) is 2.99. The van der Waals surface area contributed by atoms with Crippen molar-refractivity contribution in [3.8, 4) is 10.6 Å². The van der Waals surface area contributed by atoms with Crippen LogP contribution in [0.1, 0.15) is 29.5 Å². The lowest BCUT2D eigenvalue weighted by Gasteiger charge is -2.16. The zero-order valence-electron chi connectivity index (χ0n) is 13.4. The lowest BCUT2D eigenvalue weighted by molar-refractivity contribution is 0.160. The number of thiazole rings is 1. The van der Waals surface area contributed by atoms with Gasteiger partial charge in [0.15, 0.2) is 0 Å². The summed E-state index contributed by atoms with van der Waals surface area (Å²) in [5, 5.41) is 13.7. The molecule has 118 valence electrons. The smallest absolute Gasteiger partial charge is 0.124 e. The lowest BCUT2D eigenvalue weighted by atomic mass is 10.0. The van der Waals surface area contributed by atoms with Gasteiger partial charge in [0.1, 0.15) is 5.01 Å². The predicted molar refractivity (Wildman–Crippen MR) is 97.3 cm³/mol. The Morgan fingerprint density at radius 1 is 1.13 bits per heavy atom. The third-order valence-electron chi connectivity index (χ3n) is 4.53. The number of rotatable bonds is 2. The van der Waals surface area contributed by atoms with Gasteiger partial charge in [0.25, 0.3) is 0 Å².